The third kappa shape index (κ3) is 5.32. The molecule has 0 atom stereocenters. The summed E-state index contributed by atoms with van der Waals surface area (Å²) in [4.78, 5) is 19.6. The highest BCUT2D eigenvalue weighted by atomic mass is 35.5. The Labute approximate surface area is 200 Å². The van der Waals surface area contributed by atoms with Crippen molar-refractivity contribution in [2.75, 3.05) is 51.9 Å². The fraction of sp³-hybridized carbons (Fsp3) is 0.478. The first-order valence-corrected chi connectivity index (χ1v) is 12.7. The molecule has 2 aromatic rings. The molecule has 1 aromatic carbocycles. The molecule has 1 saturated heterocycles. The Hall–Kier alpha value is -2.20. The van der Waals surface area contributed by atoms with Gasteiger partial charge in [0, 0.05) is 25.7 Å². The summed E-state index contributed by atoms with van der Waals surface area (Å²) in [7, 11) is 1.64. The van der Waals surface area contributed by atoms with E-state index in [1.807, 2.05) is 43.3 Å². The summed E-state index contributed by atoms with van der Waals surface area (Å²) in [5, 5.41) is 3.15. The smallest absolute Gasteiger partial charge is 0.237 e. The van der Waals surface area contributed by atoms with Crippen LogP contribution in [0.2, 0.25) is 5.15 Å². The molecule has 1 aromatic heterocycles. The number of amides is 1. The third-order valence-corrected chi connectivity index (χ3v) is 7.87. The number of methoxy groups -OCH3 is 1. The number of halogens is 1. The summed E-state index contributed by atoms with van der Waals surface area (Å²) in [6, 6.07) is 9.23. The van der Waals surface area contributed by atoms with Crippen molar-refractivity contribution in [3.63, 3.8) is 0 Å². The molecule has 8 nitrogen and oxygen atoms in total. The molecule has 33 heavy (non-hydrogen) atoms. The molecule has 0 unspecified atom stereocenters. The Morgan fingerprint density at radius 2 is 1.97 bits per heavy atom. The lowest BCUT2D eigenvalue weighted by Crippen LogP contribution is -2.67. The third-order valence-electron chi connectivity index (χ3n) is 5.92. The summed E-state index contributed by atoms with van der Waals surface area (Å²) in [6.45, 7) is 4.67. The van der Waals surface area contributed by atoms with E-state index in [9.17, 15) is 13.2 Å². The maximum absolute atomic E-state index is 13.7. The number of anilines is 1. The van der Waals surface area contributed by atoms with Crippen molar-refractivity contribution in [2.45, 2.75) is 25.2 Å². The van der Waals surface area contributed by atoms with Gasteiger partial charge in [-0.05, 0) is 31.1 Å². The molecule has 10 heteroatoms. The number of pyridine rings is 1. The van der Waals surface area contributed by atoms with Gasteiger partial charge in [-0.1, -0.05) is 49.7 Å². The number of ether oxygens (including phenoxy) is 1. The van der Waals surface area contributed by atoms with Gasteiger partial charge in [0.1, 0.15) is 22.0 Å². The van der Waals surface area contributed by atoms with Gasteiger partial charge in [-0.2, -0.15) is 4.31 Å². The molecule has 1 aliphatic rings. The molecule has 0 radical (unpaired) electrons. The van der Waals surface area contributed by atoms with Crippen LogP contribution >= 0.6 is 11.6 Å². The second-order valence-electron chi connectivity index (χ2n) is 8.87. The molecular formula is C23H31ClN4O4S. The zero-order valence-corrected chi connectivity index (χ0v) is 21.2. The number of rotatable bonds is 9. The molecule has 1 N–H and O–H groups in total. The van der Waals surface area contributed by atoms with E-state index < -0.39 is 15.4 Å². The van der Waals surface area contributed by atoms with Crippen LogP contribution in [-0.2, 0) is 20.2 Å². The van der Waals surface area contributed by atoms with E-state index in [2.05, 4.69) is 24.1 Å². The van der Waals surface area contributed by atoms with Gasteiger partial charge in [-0.15, -0.1) is 0 Å². The van der Waals surface area contributed by atoms with Crippen molar-refractivity contribution in [1.29, 1.82) is 0 Å². The van der Waals surface area contributed by atoms with Crippen LogP contribution in [0.1, 0.15) is 30.9 Å². The van der Waals surface area contributed by atoms with Crippen LogP contribution in [0.4, 0.5) is 5.69 Å². The van der Waals surface area contributed by atoms with E-state index in [0.29, 0.717) is 18.0 Å². The van der Waals surface area contributed by atoms with E-state index in [0.717, 1.165) is 11.1 Å². The monoisotopic (exact) mass is 494 g/mol. The Morgan fingerprint density at radius 3 is 2.58 bits per heavy atom. The maximum Gasteiger partial charge on any atom is 0.237 e. The number of carbonyl (C=O) groups is 1. The number of aromatic nitrogens is 1. The number of hydrogen-bond acceptors (Lipinski definition) is 6. The quantitative estimate of drug-likeness (QED) is 0.539. The molecule has 0 bridgehead atoms. The second kappa shape index (κ2) is 9.97. The van der Waals surface area contributed by atoms with Crippen LogP contribution < -0.4 is 10.1 Å². The predicted molar refractivity (Wildman–Crippen MR) is 131 cm³/mol. The Bertz CT molecular complexity index is 1120. The van der Waals surface area contributed by atoms with E-state index in [1.54, 1.807) is 0 Å². The maximum atomic E-state index is 13.7. The van der Waals surface area contributed by atoms with E-state index in [4.69, 9.17) is 16.3 Å². The van der Waals surface area contributed by atoms with Crippen LogP contribution in [0.5, 0.6) is 5.75 Å². The van der Waals surface area contributed by atoms with Gasteiger partial charge in [-0.3, -0.25) is 4.79 Å². The molecule has 180 valence electrons. The summed E-state index contributed by atoms with van der Waals surface area (Å²) in [5.41, 5.74) is 1.19. The molecule has 3 rings (SSSR count). The van der Waals surface area contributed by atoms with Crippen molar-refractivity contribution in [1.82, 2.24) is 14.2 Å². The molecule has 1 amide bonds. The largest absolute Gasteiger partial charge is 0.494 e. The van der Waals surface area contributed by atoms with Crippen molar-refractivity contribution in [3.8, 4) is 5.75 Å². The van der Waals surface area contributed by atoms with Gasteiger partial charge < -0.3 is 15.0 Å². The van der Waals surface area contributed by atoms with Gasteiger partial charge in [0.05, 0.1) is 19.1 Å². The Balaban J connectivity index is 1.98. The fourth-order valence-corrected chi connectivity index (χ4v) is 5.81. The average Bonchev–Trinajstić information content (AvgIpc) is 2.73. The topological polar surface area (TPSA) is 91.8 Å². The van der Waals surface area contributed by atoms with Crippen molar-refractivity contribution in [3.05, 3.63) is 52.8 Å². The minimum Gasteiger partial charge on any atom is -0.494 e. The molecule has 0 saturated carbocycles. The number of benzene rings is 1. The lowest BCUT2D eigenvalue weighted by Gasteiger charge is -2.49. The van der Waals surface area contributed by atoms with Crippen LogP contribution in [0.15, 0.2) is 36.5 Å². The number of sulfonamides is 1. The summed E-state index contributed by atoms with van der Waals surface area (Å²) in [5.74, 6) is 0.234. The minimum atomic E-state index is -3.50. The van der Waals surface area contributed by atoms with Gasteiger partial charge in [-0.25, -0.2) is 13.4 Å². The SMILES string of the molecule is COc1cc(Cl)ncc1NC(=O)C1(c2ccccc2C(C)C)CN(S(=O)(=O)CCN(C)C)C1. The first-order valence-electron chi connectivity index (χ1n) is 10.7. The molecule has 0 aliphatic carbocycles. The number of carbonyl (C=O) groups excluding carboxylic acids is 1. The highest BCUT2D eigenvalue weighted by molar-refractivity contribution is 7.89. The van der Waals surface area contributed by atoms with Gasteiger partial charge in [0.25, 0.3) is 0 Å². The molecule has 1 fully saturated rings. The molecule has 1 aliphatic heterocycles. The first kappa shape index (κ1) is 25.4. The molecular weight excluding hydrogens is 464 g/mol. The van der Waals surface area contributed by atoms with Crippen LogP contribution in [0.3, 0.4) is 0 Å². The van der Waals surface area contributed by atoms with Crippen LogP contribution in [-0.4, -0.2) is 75.1 Å². The van der Waals surface area contributed by atoms with Crippen LogP contribution in [0.25, 0.3) is 0 Å². The first-order chi connectivity index (χ1) is 15.5. The van der Waals surface area contributed by atoms with E-state index in [1.165, 1.54) is 23.7 Å². The average molecular weight is 495 g/mol. The number of nitrogens with zero attached hydrogens (tertiary/aromatic N) is 3. The molecule has 2 heterocycles. The standard InChI is InChI=1S/C23H31ClN4O4S/c1-16(2)17-8-6-7-9-18(17)23(14-28(15-23)33(30,31)11-10-27(3)4)22(29)26-19-13-25-21(24)12-20(19)32-5/h6-9,12-13,16H,10-11,14-15H2,1-5H3,(H,26,29). The van der Waals surface area contributed by atoms with Crippen molar-refractivity contribution in [2.24, 2.45) is 0 Å². The van der Waals surface area contributed by atoms with Crippen LogP contribution in [0, 0.1) is 0 Å². The highest BCUT2D eigenvalue weighted by Gasteiger charge is 2.55. The molecule has 0 spiro atoms. The minimum absolute atomic E-state index is 0.00153. The fourth-order valence-electron chi connectivity index (χ4n) is 3.97. The zero-order valence-electron chi connectivity index (χ0n) is 19.6. The highest BCUT2D eigenvalue weighted by Crippen LogP contribution is 2.41. The summed E-state index contributed by atoms with van der Waals surface area (Å²) in [6.07, 6.45) is 1.44. The zero-order chi connectivity index (χ0) is 24.4. The second-order valence-corrected chi connectivity index (χ2v) is 11.3. The summed E-state index contributed by atoms with van der Waals surface area (Å²) < 4.78 is 32.5. The van der Waals surface area contributed by atoms with Crippen molar-refractivity contribution < 1.29 is 17.9 Å². The lowest BCUT2D eigenvalue weighted by molar-refractivity contribution is -0.125. The van der Waals surface area contributed by atoms with E-state index in [-0.39, 0.29) is 35.8 Å². The lowest BCUT2D eigenvalue weighted by atomic mass is 9.71. The Morgan fingerprint density at radius 1 is 1.30 bits per heavy atom. The van der Waals surface area contributed by atoms with E-state index >= 15 is 0 Å². The Kier molecular flexibility index (Phi) is 7.68. The normalized spacial score (nSPS) is 16.0. The summed E-state index contributed by atoms with van der Waals surface area (Å²) >= 11 is 5.95. The predicted octanol–water partition coefficient (Wildman–Crippen LogP) is 2.95. The number of hydrogen-bond donors (Lipinski definition) is 1. The van der Waals surface area contributed by atoms with Gasteiger partial charge in [0.2, 0.25) is 15.9 Å². The van der Waals surface area contributed by atoms with Crippen molar-refractivity contribution >= 4 is 33.2 Å². The number of nitrogens with one attached hydrogen (secondary N) is 1. The van der Waals surface area contributed by atoms with Gasteiger partial charge in [0.15, 0.2) is 0 Å². The van der Waals surface area contributed by atoms with Gasteiger partial charge >= 0.3 is 0 Å².